The van der Waals surface area contributed by atoms with Crippen LogP contribution in [0.4, 0.5) is 5.69 Å². The van der Waals surface area contributed by atoms with Gasteiger partial charge in [0.15, 0.2) is 0 Å². The highest BCUT2D eigenvalue weighted by atomic mass is 16.3. The molecule has 0 bridgehead atoms. The molecule has 0 saturated carbocycles. The van der Waals surface area contributed by atoms with Crippen LogP contribution in [-0.2, 0) is 6.54 Å². The maximum absolute atomic E-state index is 9.09. The van der Waals surface area contributed by atoms with Crippen LogP contribution in [0.1, 0.15) is 25.3 Å². The number of nitrogens with zero attached hydrogens (tertiary/aromatic N) is 1. The zero-order valence-electron chi connectivity index (χ0n) is 10.0. The highest BCUT2D eigenvalue weighted by molar-refractivity contribution is 5.53. The first-order valence-corrected chi connectivity index (χ1v) is 5.97. The molecular formula is C13H22N2O. The SMILES string of the molecule is CCCCN(CCO)c1ccccc1CN. The summed E-state index contributed by atoms with van der Waals surface area (Å²) in [4.78, 5) is 2.21. The lowest BCUT2D eigenvalue weighted by Crippen LogP contribution is -2.29. The fourth-order valence-electron chi connectivity index (χ4n) is 1.81. The van der Waals surface area contributed by atoms with Gasteiger partial charge in [-0.3, -0.25) is 0 Å². The summed E-state index contributed by atoms with van der Waals surface area (Å²) in [5.41, 5.74) is 8.03. The van der Waals surface area contributed by atoms with E-state index in [9.17, 15) is 0 Å². The van der Waals surface area contributed by atoms with Crippen LogP contribution in [0.3, 0.4) is 0 Å². The van der Waals surface area contributed by atoms with E-state index in [-0.39, 0.29) is 6.61 Å². The Morgan fingerprint density at radius 2 is 2.00 bits per heavy atom. The molecule has 1 aromatic carbocycles. The van der Waals surface area contributed by atoms with Gasteiger partial charge in [-0.15, -0.1) is 0 Å². The first kappa shape index (κ1) is 13.0. The maximum Gasteiger partial charge on any atom is 0.0606 e. The van der Waals surface area contributed by atoms with Crippen LogP contribution in [0.5, 0.6) is 0 Å². The summed E-state index contributed by atoms with van der Waals surface area (Å²) in [6, 6.07) is 8.15. The second-order valence-electron chi connectivity index (χ2n) is 3.90. The first-order valence-electron chi connectivity index (χ1n) is 5.97. The topological polar surface area (TPSA) is 49.5 Å². The fourth-order valence-corrected chi connectivity index (χ4v) is 1.81. The average molecular weight is 222 g/mol. The Balaban J connectivity index is 2.81. The van der Waals surface area contributed by atoms with Crippen molar-refractivity contribution in [1.29, 1.82) is 0 Å². The van der Waals surface area contributed by atoms with Crippen molar-refractivity contribution in [3.63, 3.8) is 0 Å². The van der Waals surface area contributed by atoms with Crippen LogP contribution in [-0.4, -0.2) is 24.8 Å². The van der Waals surface area contributed by atoms with Crippen molar-refractivity contribution in [2.45, 2.75) is 26.3 Å². The van der Waals surface area contributed by atoms with Gasteiger partial charge in [-0.2, -0.15) is 0 Å². The monoisotopic (exact) mass is 222 g/mol. The van der Waals surface area contributed by atoms with Gasteiger partial charge in [0.1, 0.15) is 0 Å². The Bertz CT molecular complexity index is 302. The summed E-state index contributed by atoms with van der Waals surface area (Å²) in [7, 11) is 0. The van der Waals surface area contributed by atoms with E-state index in [1.165, 1.54) is 0 Å². The Labute approximate surface area is 97.9 Å². The molecule has 0 aliphatic carbocycles. The number of benzene rings is 1. The van der Waals surface area contributed by atoms with Gasteiger partial charge in [-0.25, -0.2) is 0 Å². The van der Waals surface area contributed by atoms with Crippen molar-refractivity contribution in [1.82, 2.24) is 0 Å². The van der Waals surface area contributed by atoms with E-state index in [1.807, 2.05) is 18.2 Å². The second-order valence-corrected chi connectivity index (χ2v) is 3.90. The molecule has 0 saturated heterocycles. The molecule has 1 rings (SSSR count). The number of hydrogen-bond acceptors (Lipinski definition) is 3. The zero-order chi connectivity index (χ0) is 11.8. The van der Waals surface area contributed by atoms with Crippen LogP contribution < -0.4 is 10.6 Å². The van der Waals surface area contributed by atoms with Crippen LogP contribution >= 0.6 is 0 Å². The van der Waals surface area contributed by atoms with E-state index in [0.717, 1.165) is 30.6 Å². The van der Waals surface area contributed by atoms with Crippen molar-refractivity contribution in [3.8, 4) is 0 Å². The molecule has 0 spiro atoms. The Kier molecular flexibility index (Phi) is 5.90. The van der Waals surface area contributed by atoms with E-state index in [2.05, 4.69) is 17.9 Å². The molecule has 0 aromatic heterocycles. The van der Waals surface area contributed by atoms with E-state index >= 15 is 0 Å². The number of aliphatic hydroxyl groups excluding tert-OH is 1. The van der Waals surface area contributed by atoms with Gasteiger partial charge in [0, 0.05) is 25.3 Å². The molecule has 3 heteroatoms. The highest BCUT2D eigenvalue weighted by Gasteiger charge is 2.08. The molecule has 0 radical (unpaired) electrons. The number of hydrogen-bond donors (Lipinski definition) is 2. The van der Waals surface area contributed by atoms with Gasteiger partial charge >= 0.3 is 0 Å². The molecule has 0 heterocycles. The van der Waals surface area contributed by atoms with Crippen molar-refractivity contribution in [2.24, 2.45) is 5.73 Å². The van der Waals surface area contributed by atoms with E-state index in [0.29, 0.717) is 13.1 Å². The molecule has 0 atom stereocenters. The minimum Gasteiger partial charge on any atom is -0.395 e. The van der Waals surface area contributed by atoms with Crippen molar-refractivity contribution in [3.05, 3.63) is 29.8 Å². The lowest BCUT2D eigenvalue weighted by atomic mass is 10.1. The summed E-state index contributed by atoms with van der Waals surface area (Å²) in [5, 5.41) is 9.09. The molecular weight excluding hydrogens is 200 g/mol. The number of unbranched alkanes of at least 4 members (excludes halogenated alkanes) is 1. The minimum atomic E-state index is 0.183. The molecule has 0 amide bonds. The molecule has 3 nitrogen and oxygen atoms in total. The summed E-state index contributed by atoms with van der Waals surface area (Å²) >= 11 is 0. The molecule has 3 N–H and O–H groups in total. The third kappa shape index (κ3) is 3.51. The van der Waals surface area contributed by atoms with Gasteiger partial charge < -0.3 is 15.7 Å². The fraction of sp³-hybridized carbons (Fsp3) is 0.538. The predicted molar refractivity (Wildman–Crippen MR) is 68.5 cm³/mol. The van der Waals surface area contributed by atoms with Crippen LogP contribution in [0.25, 0.3) is 0 Å². The van der Waals surface area contributed by atoms with Gasteiger partial charge in [-0.1, -0.05) is 31.5 Å². The number of nitrogens with two attached hydrogens (primary N) is 1. The van der Waals surface area contributed by atoms with Crippen LogP contribution in [0.2, 0.25) is 0 Å². The second kappa shape index (κ2) is 7.25. The summed E-state index contributed by atoms with van der Waals surface area (Å²) in [6.45, 7) is 4.56. The third-order valence-corrected chi connectivity index (χ3v) is 2.70. The van der Waals surface area contributed by atoms with Crippen LogP contribution in [0.15, 0.2) is 24.3 Å². The van der Waals surface area contributed by atoms with Crippen molar-refractivity contribution in [2.75, 3.05) is 24.6 Å². The van der Waals surface area contributed by atoms with Gasteiger partial charge in [0.05, 0.1) is 6.61 Å². The Morgan fingerprint density at radius 3 is 2.62 bits per heavy atom. The van der Waals surface area contributed by atoms with Gasteiger partial charge in [0.2, 0.25) is 0 Å². The quantitative estimate of drug-likeness (QED) is 0.739. The number of anilines is 1. The molecule has 16 heavy (non-hydrogen) atoms. The largest absolute Gasteiger partial charge is 0.395 e. The Morgan fingerprint density at radius 1 is 1.25 bits per heavy atom. The first-order chi connectivity index (χ1) is 7.83. The average Bonchev–Trinajstić information content (AvgIpc) is 2.34. The van der Waals surface area contributed by atoms with Gasteiger partial charge in [-0.05, 0) is 18.1 Å². The van der Waals surface area contributed by atoms with Crippen LogP contribution in [0, 0.1) is 0 Å². The minimum absolute atomic E-state index is 0.183. The van der Waals surface area contributed by atoms with E-state index in [4.69, 9.17) is 10.8 Å². The molecule has 0 fully saturated rings. The molecule has 0 unspecified atom stereocenters. The summed E-state index contributed by atoms with van der Waals surface area (Å²) in [5.74, 6) is 0. The maximum atomic E-state index is 9.09. The number of para-hydroxylation sites is 1. The van der Waals surface area contributed by atoms with E-state index in [1.54, 1.807) is 0 Å². The van der Waals surface area contributed by atoms with Gasteiger partial charge in [0.25, 0.3) is 0 Å². The number of aliphatic hydroxyl groups is 1. The number of rotatable bonds is 7. The zero-order valence-corrected chi connectivity index (χ0v) is 10.0. The smallest absolute Gasteiger partial charge is 0.0606 e. The Hall–Kier alpha value is -1.06. The lowest BCUT2D eigenvalue weighted by molar-refractivity contribution is 0.301. The van der Waals surface area contributed by atoms with Crippen molar-refractivity contribution < 1.29 is 5.11 Å². The molecule has 90 valence electrons. The highest BCUT2D eigenvalue weighted by Crippen LogP contribution is 2.20. The molecule has 0 aliphatic heterocycles. The summed E-state index contributed by atoms with van der Waals surface area (Å²) < 4.78 is 0. The lowest BCUT2D eigenvalue weighted by Gasteiger charge is -2.26. The predicted octanol–water partition coefficient (Wildman–Crippen LogP) is 1.74. The molecule has 0 aliphatic rings. The third-order valence-electron chi connectivity index (χ3n) is 2.70. The standard InChI is InChI=1S/C13H22N2O/c1-2-3-8-15(9-10-16)13-7-5-4-6-12(13)11-14/h4-7,16H,2-3,8-11,14H2,1H3. The normalized spacial score (nSPS) is 10.4. The van der Waals surface area contributed by atoms with E-state index < -0.39 is 0 Å². The summed E-state index contributed by atoms with van der Waals surface area (Å²) in [6.07, 6.45) is 2.30. The van der Waals surface area contributed by atoms with Crippen molar-refractivity contribution >= 4 is 5.69 Å². The molecule has 1 aromatic rings.